The highest BCUT2D eigenvalue weighted by Gasteiger charge is 2.36. The molecule has 0 spiro atoms. The van der Waals surface area contributed by atoms with Gasteiger partial charge in [0.05, 0.1) is 38.1 Å². The quantitative estimate of drug-likeness (QED) is 0.654. The molecular formula is C24H29ClN2O4. The molecule has 31 heavy (non-hydrogen) atoms. The lowest BCUT2D eigenvalue weighted by Gasteiger charge is -2.39. The van der Waals surface area contributed by atoms with Crippen LogP contribution in [0.3, 0.4) is 0 Å². The number of ether oxygens (including phenoxy) is 3. The van der Waals surface area contributed by atoms with Crippen molar-refractivity contribution in [3.05, 3.63) is 58.7 Å². The molecule has 2 aromatic carbocycles. The lowest BCUT2D eigenvalue weighted by Crippen LogP contribution is -2.41. The van der Waals surface area contributed by atoms with Gasteiger partial charge in [0.15, 0.2) is 11.5 Å². The van der Waals surface area contributed by atoms with Crippen LogP contribution in [0, 0.1) is 0 Å². The summed E-state index contributed by atoms with van der Waals surface area (Å²) in [6, 6.07) is 11.8. The number of carbonyl (C=O) groups excluding carboxylic acids is 1. The van der Waals surface area contributed by atoms with Crippen LogP contribution in [-0.2, 0) is 4.74 Å². The molecule has 4 rings (SSSR count). The molecule has 0 aliphatic carbocycles. The molecule has 2 aliphatic rings. The second kappa shape index (κ2) is 9.71. The van der Waals surface area contributed by atoms with Gasteiger partial charge in [0, 0.05) is 23.6 Å². The first-order valence-electron chi connectivity index (χ1n) is 10.4. The number of aliphatic imine (C=N–C) groups is 1. The van der Waals surface area contributed by atoms with E-state index in [0.717, 1.165) is 42.1 Å². The first kappa shape index (κ1) is 23.1. The Labute approximate surface area is 189 Å². The maximum Gasteiger partial charge on any atom is 0.337 e. The number of methoxy groups -OCH3 is 2. The molecular weight excluding hydrogens is 416 g/mol. The van der Waals surface area contributed by atoms with E-state index in [1.807, 2.05) is 31.2 Å². The van der Waals surface area contributed by atoms with Crippen molar-refractivity contribution in [2.75, 3.05) is 41.0 Å². The highest BCUT2D eigenvalue weighted by Crippen LogP contribution is 2.42. The topological polar surface area (TPSA) is 60.4 Å². The standard InChI is InChI=1S/C24H28N2O4.ClH/c1-5-30-22-12-17-18(13-21(22)28-3)23(25-20-9-10-26(2)14-19(17)20)15-7-6-8-16(11-15)24(27)29-4;/h6-8,11-13,19-20H,5,9-10,14H2,1-4H3;1H. The smallest absolute Gasteiger partial charge is 0.337 e. The van der Waals surface area contributed by atoms with E-state index in [9.17, 15) is 4.79 Å². The van der Waals surface area contributed by atoms with Crippen LogP contribution in [0.5, 0.6) is 11.5 Å². The summed E-state index contributed by atoms with van der Waals surface area (Å²) in [5, 5.41) is 0. The van der Waals surface area contributed by atoms with Crippen molar-refractivity contribution in [1.29, 1.82) is 0 Å². The molecule has 1 saturated heterocycles. The number of hydrogen-bond donors (Lipinski definition) is 0. The van der Waals surface area contributed by atoms with Crippen LogP contribution in [0.15, 0.2) is 41.4 Å². The highest BCUT2D eigenvalue weighted by molar-refractivity contribution is 6.15. The Balaban J connectivity index is 0.00000272. The number of halogens is 1. The SMILES string of the molecule is CCOc1cc2c(cc1OC)C(c1cccc(C(=O)OC)c1)=NC1CCN(C)CC21.Cl. The van der Waals surface area contributed by atoms with E-state index in [2.05, 4.69) is 18.0 Å². The zero-order valence-electron chi connectivity index (χ0n) is 18.4. The van der Waals surface area contributed by atoms with Gasteiger partial charge in [-0.2, -0.15) is 0 Å². The van der Waals surface area contributed by atoms with Crippen molar-refractivity contribution in [2.45, 2.75) is 25.3 Å². The summed E-state index contributed by atoms with van der Waals surface area (Å²) in [6.45, 7) is 4.52. The Kier molecular flexibility index (Phi) is 7.23. The van der Waals surface area contributed by atoms with Gasteiger partial charge in [0.1, 0.15) is 0 Å². The molecule has 0 saturated carbocycles. The van der Waals surface area contributed by atoms with Crippen LogP contribution < -0.4 is 9.47 Å². The lowest BCUT2D eigenvalue weighted by molar-refractivity contribution is 0.0600. The number of likely N-dealkylation sites (tertiary alicyclic amines) is 1. The number of rotatable bonds is 5. The summed E-state index contributed by atoms with van der Waals surface area (Å²) in [7, 11) is 5.20. The third-order valence-electron chi connectivity index (χ3n) is 5.92. The molecule has 0 bridgehead atoms. The van der Waals surface area contributed by atoms with E-state index < -0.39 is 0 Å². The van der Waals surface area contributed by atoms with E-state index in [-0.39, 0.29) is 24.4 Å². The minimum absolute atomic E-state index is 0. The largest absolute Gasteiger partial charge is 0.493 e. The van der Waals surface area contributed by atoms with Crippen molar-refractivity contribution < 1.29 is 19.0 Å². The molecule has 2 heterocycles. The van der Waals surface area contributed by atoms with Gasteiger partial charge in [0.25, 0.3) is 0 Å². The fourth-order valence-electron chi connectivity index (χ4n) is 4.45. The Morgan fingerprint density at radius 1 is 1.19 bits per heavy atom. The minimum Gasteiger partial charge on any atom is -0.493 e. The van der Waals surface area contributed by atoms with Crippen molar-refractivity contribution >= 4 is 24.1 Å². The first-order chi connectivity index (χ1) is 14.5. The molecule has 2 unspecified atom stereocenters. The van der Waals surface area contributed by atoms with Gasteiger partial charge in [-0.15, -0.1) is 12.4 Å². The predicted octanol–water partition coefficient (Wildman–Crippen LogP) is 3.94. The highest BCUT2D eigenvalue weighted by atomic mass is 35.5. The summed E-state index contributed by atoms with van der Waals surface area (Å²) >= 11 is 0. The fraction of sp³-hybridized carbons (Fsp3) is 0.417. The number of likely N-dealkylation sites (N-methyl/N-ethyl adjacent to an activating group) is 1. The Hall–Kier alpha value is -2.57. The lowest BCUT2D eigenvalue weighted by atomic mass is 9.79. The number of benzene rings is 2. The zero-order chi connectivity index (χ0) is 21.3. The molecule has 166 valence electrons. The number of carbonyl (C=O) groups is 1. The molecule has 6 nitrogen and oxygen atoms in total. The van der Waals surface area contributed by atoms with Crippen LogP contribution in [0.25, 0.3) is 0 Å². The predicted molar refractivity (Wildman–Crippen MR) is 123 cm³/mol. The van der Waals surface area contributed by atoms with Crippen molar-refractivity contribution in [2.24, 2.45) is 4.99 Å². The fourth-order valence-corrected chi connectivity index (χ4v) is 4.45. The van der Waals surface area contributed by atoms with Gasteiger partial charge in [-0.1, -0.05) is 12.1 Å². The van der Waals surface area contributed by atoms with Crippen LogP contribution in [0.2, 0.25) is 0 Å². The second-order valence-corrected chi connectivity index (χ2v) is 7.80. The van der Waals surface area contributed by atoms with E-state index in [0.29, 0.717) is 23.8 Å². The summed E-state index contributed by atoms with van der Waals surface area (Å²) < 4.78 is 16.4. The number of piperidine rings is 1. The Morgan fingerprint density at radius 3 is 2.71 bits per heavy atom. The maximum atomic E-state index is 12.1. The molecule has 0 amide bonds. The molecule has 2 atom stereocenters. The Bertz CT molecular complexity index is 992. The number of esters is 1. The van der Waals surface area contributed by atoms with Crippen molar-refractivity contribution in [3.8, 4) is 11.5 Å². The monoisotopic (exact) mass is 444 g/mol. The van der Waals surface area contributed by atoms with E-state index in [4.69, 9.17) is 19.2 Å². The van der Waals surface area contributed by atoms with E-state index >= 15 is 0 Å². The summed E-state index contributed by atoms with van der Waals surface area (Å²) in [6.07, 6.45) is 0.997. The van der Waals surface area contributed by atoms with Gasteiger partial charge < -0.3 is 19.1 Å². The normalized spacial score (nSPS) is 19.9. The first-order valence-corrected chi connectivity index (χ1v) is 10.4. The number of hydrogen-bond acceptors (Lipinski definition) is 6. The average molecular weight is 445 g/mol. The number of fused-ring (bicyclic) bond motifs is 3. The van der Waals surface area contributed by atoms with Gasteiger partial charge in [-0.05, 0) is 56.8 Å². The Morgan fingerprint density at radius 2 is 2.00 bits per heavy atom. The maximum absolute atomic E-state index is 12.1. The molecule has 2 aromatic rings. The molecule has 0 aromatic heterocycles. The summed E-state index contributed by atoms with van der Waals surface area (Å²) in [4.78, 5) is 19.6. The van der Waals surface area contributed by atoms with Crippen LogP contribution >= 0.6 is 12.4 Å². The summed E-state index contributed by atoms with van der Waals surface area (Å²) in [5.74, 6) is 1.40. The third kappa shape index (κ3) is 4.41. The van der Waals surface area contributed by atoms with Gasteiger partial charge in [-0.25, -0.2) is 4.79 Å². The molecule has 2 aliphatic heterocycles. The van der Waals surface area contributed by atoms with Gasteiger partial charge in [0.2, 0.25) is 0 Å². The van der Waals surface area contributed by atoms with Crippen molar-refractivity contribution in [1.82, 2.24) is 4.90 Å². The third-order valence-corrected chi connectivity index (χ3v) is 5.92. The zero-order valence-corrected chi connectivity index (χ0v) is 19.2. The molecule has 0 radical (unpaired) electrons. The van der Waals surface area contributed by atoms with E-state index in [1.165, 1.54) is 12.7 Å². The van der Waals surface area contributed by atoms with Crippen LogP contribution in [-0.4, -0.2) is 63.6 Å². The molecule has 1 fully saturated rings. The average Bonchev–Trinajstić information content (AvgIpc) is 2.78. The van der Waals surface area contributed by atoms with Crippen LogP contribution in [0.4, 0.5) is 0 Å². The second-order valence-electron chi connectivity index (χ2n) is 7.80. The molecule has 7 heteroatoms. The van der Waals surface area contributed by atoms with Crippen molar-refractivity contribution in [3.63, 3.8) is 0 Å². The van der Waals surface area contributed by atoms with Gasteiger partial charge >= 0.3 is 5.97 Å². The van der Waals surface area contributed by atoms with E-state index in [1.54, 1.807) is 13.2 Å². The van der Waals surface area contributed by atoms with Gasteiger partial charge in [-0.3, -0.25) is 4.99 Å². The summed E-state index contributed by atoms with van der Waals surface area (Å²) in [5.41, 5.74) is 4.58. The van der Waals surface area contributed by atoms with Crippen LogP contribution in [0.1, 0.15) is 46.3 Å². The molecule has 0 N–H and O–H groups in total. The number of nitrogens with zero attached hydrogens (tertiary/aromatic N) is 2. The minimum atomic E-state index is -0.352.